The van der Waals surface area contributed by atoms with Crippen LogP contribution in [0.1, 0.15) is 66.7 Å². The number of benzene rings is 1. The van der Waals surface area contributed by atoms with Crippen LogP contribution in [-0.2, 0) is 0 Å². The predicted octanol–water partition coefficient (Wildman–Crippen LogP) is 4.17. The molecule has 1 saturated carbocycles. The van der Waals surface area contributed by atoms with Gasteiger partial charge in [-0.05, 0) is 56.5 Å². The lowest BCUT2D eigenvalue weighted by molar-refractivity contribution is 0.0923. The van der Waals surface area contributed by atoms with E-state index in [4.69, 9.17) is 0 Å². The van der Waals surface area contributed by atoms with Crippen LogP contribution in [0.5, 0.6) is 0 Å². The van der Waals surface area contributed by atoms with E-state index in [1.807, 2.05) is 18.3 Å². The summed E-state index contributed by atoms with van der Waals surface area (Å²) in [6.07, 6.45) is 9.56. The predicted molar refractivity (Wildman–Crippen MR) is 104 cm³/mol. The number of hydrogen-bond acceptors (Lipinski definition) is 2. The fourth-order valence-corrected chi connectivity index (χ4v) is 4.08. The molecule has 2 aromatic rings. The summed E-state index contributed by atoms with van der Waals surface area (Å²) in [4.78, 5) is 15.4. The molecule has 26 heavy (non-hydrogen) atoms. The highest BCUT2D eigenvalue weighted by molar-refractivity contribution is 5.92. The van der Waals surface area contributed by atoms with Gasteiger partial charge in [-0.3, -0.25) is 9.69 Å². The number of amides is 1. The molecule has 1 aromatic carbocycles. The molecule has 2 fully saturated rings. The van der Waals surface area contributed by atoms with Gasteiger partial charge in [0.05, 0.1) is 6.04 Å². The minimum Gasteiger partial charge on any atom is -0.349 e. The van der Waals surface area contributed by atoms with E-state index in [9.17, 15) is 4.79 Å². The normalized spacial score (nSPS) is 19.7. The molecule has 2 heterocycles. The van der Waals surface area contributed by atoms with Gasteiger partial charge >= 0.3 is 0 Å². The van der Waals surface area contributed by atoms with Gasteiger partial charge in [0.25, 0.3) is 5.91 Å². The maximum absolute atomic E-state index is 12.8. The highest BCUT2D eigenvalue weighted by Crippen LogP contribution is 2.36. The number of rotatable bonds is 6. The zero-order valence-corrected chi connectivity index (χ0v) is 15.4. The quantitative estimate of drug-likeness (QED) is 0.848. The van der Waals surface area contributed by atoms with Crippen LogP contribution in [0, 0.1) is 0 Å². The molecule has 138 valence electrons. The van der Waals surface area contributed by atoms with E-state index in [-0.39, 0.29) is 11.9 Å². The van der Waals surface area contributed by atoms with Crippen LogP contribution >= 0.6 is 0 Å². The minimum absolute atomic E-state index is 0.0534. The lowest BCUT2D eigenvalue weighted by Gasteiger charge is -2.31. The molecular weight excluding hydrogens is 322 g/mol. The Labute approximate surface area is 156 Å². The van der Waals surface area contributed by atoms with Crippen LogP contribution in [0.3, 0.4) is 0 Å². The largest absolute Gasteiger partial charge is 0.349 e. The van der Waals surface area contributed by atoms with Crippen LogP contribution in [0.2, 0.25) is 0 Å². The molecule has 1 saturated heterocycles. The zero-order chi connectivity index (χ0) is 17.8. The molecule has 0 bridgehead atoms. The molecule has 1 amide bonds. The van der Waals surface area contributed by atoms with E-state index in [0.717, 1.165) is 18.8 Å². The second kappa shape index (κ2) is 8.09. The van der Waals surface area contributed by atoms with Gasteiger partial charge in [-0.1, -0.05) is 43.2 Å². The summed E-state index contributed by atoms with van der Waals surface area (Å²) in [5, 5.41) is 3.22. The molecule has 4 rings (SSSR count). The van der Waals surface area contributed by atoms with Crippen molar-refractivity contribution in [3.63, 3.8) is 0 Å². The summed E-state index contributed by atoms with van der Waals surface area (Å²) in [5.74, 6) is 0.0534. The molecule has 0 spiro atoms. The molecule has 1 atom stereocenters. The third-order valence-electron chi connectivity index (χ3n) is 5.67. The fraction of sp³-hybridized carbons (Fsp3) is 0.500. The first-order chi connectivity index (χ1) is 12.8. The third-order valence-corrected chi connectivity index (χ3v) is 5.67. The zero-order valence-electron chi connectivity index (χ0n) is 15.4. The van der Waals surface area contributed by atoms with Gasteiger partial charge in [-0.25, -0.2) is 0 Å². The molecule has 4 heteroatoms. The Hall–Kier alpha value is -2.07. The Morgan fingerprint density at radius 2 is 1.73 bits per heavy atom. The molecule has 1 aromatic heterocycles. The van der Waals surface area contributed by atoms with Crippen LogP contribution in [-0.4, -0.2) is 35.0 Å². The van der Waals surface area contributed by atoms with Crippen molar-refractivity contribution in [2.45, 2.75) is 50.6 Å². The summed E-state index contributed by atoms with van der Waals surface area (Å²) in [7, 11) is 0. The number of hydrogen-bond donors (Lipinski definition) is 1. The van der Waals surface area contributed by atoms with E-state index in [1.54, 1.807) is 0 Å². The second-order valence-electron chi connectivity index (χ2n) is 7.62. The third kappa shape index (κ3) is 4.01. The Kier molecular flexibility index (Phi) is 5.40. The Morgan fingerprint density at radius 3 is 2.42 bits per heavy atom. The van der Waals surface area contributed by atoms with Crippen molar-refractivity contribution >= 4 is 5.91 Å². The maximum atomic E-state index is 12.8. The Morgan fingerprint density at radius 1 is 1.00 bits per heavy atom. The highest BCUT2D eigenvalue weighted by atomic mass is 16.1. The lowest BCUT2D eigenvalue weighted by Crippen LogP contribution is -2.39. The standard InChI is InChI=1S/C22H29N3O/c26-22(20-11-8-16-25(20)19-12-13-19)23-17-21(18-9-4-3-5-10-18)24-14-6-1-2-7-15-24/h3-5,8-11,16,19,21H,1-2,6-7,12-15,17H2,(H,23,26). The smallest absolute Gasteiger partial charge is 0.267 e. The number of carbonyl (C=O) groups excluding carboxylic acids is 1. The van der Waals surface area contributed by atoms with E-state index < -0.39 is 0 Å². The van der Waals surface area contributed by atoms with Crippen molar-refractivity contribution in [2.24, 2.45) is 0 Å². The highest BCUT2D eigenvalue weighted by Gasteiger charge is 2.27. The average molecular weight is 351 g/mol. The average Bonchev–Trinajstić information content (AvgIpc) is 3.46. The molecular formula is C22H29N3O. The van der Waals surface area contributed by atoms with Gasteiger partial charge in [0.2, 0.25) is 0 Å². The molecule has 1 unspecified atom stereocenters. The topological polar surface area (TPSA) is 37.3 Å². The van der Waals surface area contributed by atoms with Gasteiger partial charge in [-0.15, -0.1) is 0 Å². The Bertz CT molecular complexity index is 712. The SMILES string of the molecule is O=C(NCC(c1ccccc1)N1CCCCCC1)c1cccn1C1CC1. The van der Waals surface area contributed by atoms with Gasteiger partial charge < -0.3 is 9.88 Å². The molecule has 0 radical (unpaired) electrons. The minimum atomic E-state index is 0.0534. The first kappa shape index (κ1) is 17.3. The van der Waals surface area contributed by atoms with Crippen LogP contribution in [0.25, 0.3) is 0 Å². The maximum Gasteiger partial charge on any atom is 0.267 e. The van der Waals surface area contributed by atoms with Crippen LogP contribution in [0.15, 0.2) is 48.7 Å². The molecule has 4 nitrogen and oxygen atoms in total. The summed E-state index contributed by atoms with van der Waals surface area (Å²) in [6.45, 7) is 2.90. The summed E-state index contributed by atoms with van der Waals surface area (Å²) >= 11 is 0. The van der Waals surface area contributed by atoms with Gasteiger partial charge in [0, 0.05) is 18.8 Å². The fourth-order valence-electron chi connectivity index (χ4n) is 4.08. The van der Waals surface area contributed by atoms with Crippen molar-refractivity contribution in [1.82, 2.24) is 14.8 Å². The molecule has 1 N–H and O–H groups in total. The van der Waals surface area contributed by atoms with Crippen LogP contribution in [0.4, 0.5) is 0 Å². The number of likely N-dealkylation sites (tertiary alicyclic amines) is 1. The first-order valence-electron chi connectivity index (χ1n) is 10.1. The monoisotopic (exact) mass is 351 g/mol. The molecule has 1 aliphatic heterocycles. The van der Waals surface area contributed by atoms with Crippen LogP contribution < -0.4 is 5.32 Å². The van der Waals surface area contributed by atoms with E-state index >= 15 is 0 Å². The molecule has 2 aliphatic rings. The number of nitrogens with one attached hydrogen (secondary N) is 1. The van der Waals surface area contributed by atoms with Gasteiger partial charge in [0.15, 0.2) is 0 Å². The summed E-state index contributed by atoms with van der Waals surface area (Å²) in [5.41, 5.74) is 2.10. The first-order valence-corrected chi connectivity index (χ1v) is 10.1. The second-order valence-corrected chi connectivity index (χ2v) is 7.62. The van der Waals surface area contributed by atoms with Crippen molar-refractivity contribution in [3.05, 3.63) is 59.9 Å². The summed E-state index contributed by atoms with van der Waals surface area (Å²) in [6, 6.07) is 15.3. The number of aromatic nitrogens is 1. The van der Waals surface area contributed by atoms with Gasteiger partial charge in [-0.2, -0.15) is 0 Å². The Balaban J connectivity index is 1.47. The van der Waals surface area contributed by atoms with Crippen molar-refractivity contribution < 1.29 is 4.79 Å². The number of nitrogens with zero attached hydrogens (tertiary/aromatic N) is 2. The lowest BCUT2D eigenvalue weighted by atomic mass is 10.0. The van der Waals surface area contributed by atoms with Gasteiger partial charge in [0.1, 0.15) is 5.69 Å². The van der Waals surface area contributed by atoms with Crippen molar-refractivity contribution in [1.29, 1.82) is 0 Å². The van der Waals surface area contributed by atoms with Crippen molar-refractivity contribution in [3.8, 4) is 0 Å². The summed E-state index contributed by atoms with van der Waals surface area (Å²) < 4.78 is 2.14. The molecule has 1 aliphatic carbocycles. The van der Waals surface area contributed by atoms with E-state index in [0.29, 0.717) is 12.6 Å². The number of carbonyl (C=O) groups is 1. The van der Waals surface area contributed by atoms with E-state index in [1.165, 1.54) is 44.1 Å². The van der Waals surface area contributed by atoms with Crippen molar-refractivity contribution in [2.75, 3.05) is 19.6 Å². The van der Waals surface area contributed by atoms with E-state index in [2.05, 4.69) is 45.1 Å².